The Bertz CT molecular complexity index is 748. The average Bonchev–Trinajstić information content (AvgIpc) is 2.53. The van der Waals surface area contributed by atoms with E-state index in [9.17, 15) is 4.79 Å². The number of carbonyl (C=O) groups excluding carboxylic acids is 1. The maximum absolute atomic E-state index is 12.1. The second kappa shape index (κ2) is 8.62. The zero-order chi connectivity index (χ0) is 17.5. The molecule has 2 aromatic rings. The molecule has 2 N–H and O–H groups in total. The molecule has 0 aliphatic heterocycles. The zero-order valence-electron chi connectivity index (χ0n) is 13.2. The molecule has 0 spiro atoms. The average molecular weight is 365 g/mol. The first-order valence-corrected chi connectivity index (χ1v) is 8.06. The highest BCUT2D eigenvalue weighted by atomic mass is 35.5. The molecule has 0 aliphatic rings. The SMILES string of the molecule is C=C(C)COc1ccccc1NC(=O)CNc1ccc(Cl)cc1Cl. The Morgan fingerprint density at radius 1 is 1.17 bits per heavy atom. The van der Waals surface area contributed by atoms with Crippen LogP contribution in [0.4, 0.5) is 11.4 Å². The lowest BCUT2D eigenvalue weighted by atomic mass is 10.3. The Balaban J connectivity index is 1.96. The smallest absolute Gasteiger partial charge is 0.243 e. The van der Waals surface area contributed by atoms with E-state index in [0.29, 0.717) is 33.8 Å². The van der Waals surface area contributed by atoms with E-state index in [1.54, 1.807) is 30.3 Å². The molecule has 4 nitrogen and oxygen atoms in total. The Morgan fingerprint density at radius 2 is 1.92 bits per heavy atom. The number of anilines is 2. The molecule has 0 fully saturated rings. The van der Waals surface area contributed by atoms with Gasteiger partial charge in [0.1, 0.15) is 12.4 Å². The van der Waals surface area contributed by atoms with Gasteiger partial charge in [0.25, 0.3) is 0 Å². The molecule has 6 heteroatoms. The lowest BCUT2D eigenvalue weighted by Gasteiger charge is -2.13. The van der Waals surface area contributed by atoms with Crippen LogP contribution in [0.1, 0.15) is 6.92 Å². The van der Waals surface area contributed by atoms with Crippen LogP contribution >= 0.6 is 23.2 Å². The van der Waals surface area contributed by atoms with Gasteiger partial charge in [0.15, 0.2) is 0 Å². The largest absolute Gasteiger partial charge is 0.487 e. The number of nitrogens with one attached hydrogen (secondary N) is 2. The third-order valence-corrected chi connectivity index (χ3v) is 3.55. The second-order valence-electron chi connectivity index (χ2n) is 5.27. The fraction of sp³-hybridized carbons (Fsp3) is 0.167. The summed E-state index contributed by atoms with van der Waals surface area (Å²) in [6.07, 6.45) is 0. The Kier molecular flexibility index (Phi) is 6.53. The van der Waals surface area contributed by atoms with Crippen molar-refractivity contribution in [2.24, 2.45) is 0 Å². The van der Waals surface area contributed by atoms with Crippen LogP contribution in [0.2, 0.25) is 10.0 Å². The van der Waals surface area contributed by atoms with Crippen LogP contribution in [0.15, 0.2) is 54.6 Å². The molecule has 0 saturated carbocycles. The summed E-state index contributed by atoms with van der Waals surface area (Å²) in [6.45, 7) is 6.13. The molecule has 0 bridgehead atoms. The summed E-state index contributed by atoms with van der Waals surface area (Å²) in [7, 11) is 0. The van der Waals surface area contributed by atoms with Gasteiger partial charge in [-0.25, -0.2) is 0 Å². The lowest BCUT2D eigenvalue weighted by molar-refractivity contribution is -0.114. The number of hydrogen-bond donors (Lipinski definition) is 2. The van der Waals surface area contributed by atoms with Gasteiger partial charge in [0, 0.05) is 5.02 Å². The maximum atomic E-state index is 12.1. The number of benzene rings is 2. The molecule has 2 aromatic carbocycles. The highest BCUT2D eigenvalue weighted by Crippen LogP contribution is 2.26. The molecule has 2 rings (SSSR count). The predicted molar refractivity (Wildman–Crippen MR) is 100 cm³/mol. The van der Waals surface area contributed by atoms with E-state index in [1.165, 1.54) is 0 Å². The van der Waals surface area contributed by atoms with E-state index in [-0.39, 0.29) is 12.5 Å². The minimum Gasteiger partial charge on any atom is -0.487 e. The van der Waals surface area contributed by atoms with Crippen LogP contribution in [-0.4, -0.2) is 19.1 Å². The number of carbonyl (C=O) groups is 1. The summed E-state index contributed by atoms with van der Waals surface area (Å²) in [6, 6.07) is 12.3. The summed E-state index contributed by atoms with van der Waals surface area (Å²) < 4.78 is 5.62. The number of para-hydroxylation sites is 2. The van der Waals surface area contributed by atoms with Crippen LogP contribution in [0.5, 0.6) is 5.75 Å². The van der Waals surface area contributed by atoms with Gasteiger partial charge in [0.05, 0.1) is 22.9 Å². The van der Waals surface area contributed by atoms with E-state index in [0.717, 1.165) is 5.57 Å². The van der Waals surface area contributed by atoms with Crippen molar-refractivity contribution in [3.63, 3.8) is 0 Å². The summed E-state index contributed by atoms with van der Waals surface area (Å²) in [5, 5.41) is 6.78. The molecule has 0 saturated heterocycles. The number of hydrogen-bond acceptors (Lipinski definition) is 3. The van der Waals surface area contributed by atoms with Crippen LogP contribution in [0.25, 0.3) is 0 Å². The van der Waals surface area contributed by atoms with Crippen LogP contribution in [0.3, 0.4) is 0 Å². The minimum absolute atomic E-state index is 0.0656. The maximum Gasteiger partial charge on any atom is 0.243 e. The highest BCUT2D eigenvalue weighted by Gasteiger charge is 2.09. The van der Waals surface area contributed by atoms with E-state index in [4.69, 9.17) is 27.9 Å². The van der Waals surface area contributed by atoms with Gasteiger partial charge in [-0.3, -0.25) is 4.79 Å². The standard InChI is InChI=1S/C18H18Cl2N2O2/c1-12(2)11-24-17-6-4-3-5-16(17)22-18(23)10-21-15-8-7-13(19)9-14(15)20/h3-9,21H,1,10-11H2,2H3,(H,22,23). The first-order valence-electron chi connectivity index (χ1n) is 7.30. The molecule has 126 valence electrons. The van der Waals surface area contributed by atoms with Gasteiger partial charge >= 0.3 is 0 Å². The Labute approximate surface area is 151 Å². The molecular formula is C18H18Cl2N2O2. The topological polar surface area (TPSA) is 50.4 Å². The minimum atomic E-state index is -0.215. The van der Waals surface area contributed by atoms with Crippen molar-refractivity contribution in [3.05, 3.63) is 64.7 Å². The molecule has 0 atom stereocenters. The second-order valence-corrected chi connectivity index (χ2v) is 6.11. The van der Waals surface area contributed by atoms with Crippen LogP contribution in [0, 0.1) is 0 Å². The summed E-state index contributed by atoms with van der Waals surface area (Å²) >= 11 is 11.9. The number of amides is 1. The monoisotopic (exact) mass is 364 g/mol. The van der Waals surface area contributed by atoms with E-state index < -0.39 is 0 Å². The molecule has 0 aliphatic carbocycles. The van der Waals surface area contributed by atoms with Crippen LogP contribution in [-0.2, 0) is 4.79 Å². The third kappa shape index (κ3) is 5.48. The van der Waals surface area contributed by atoms with Crippen molar-refractivity contribution in [1.29, 1.82) is 0 Å². The molecule has 24 heavy (non-hydrogen) atoms. The van der Waals surface area contributed by atoms with Crippen molar-refractivity contribution in [2.45, 2.75) is 6.92 Å². The van der Waals surface area contributed by atoms with Gasteiger partial charge in [-0.2, -0.15) is 0 Å². The van der Waals surface area contributed by atoms with Gasteiger partial charge in [-0.15, -0.1) is 0 Å². The van der Waals surface area contributed by atoms with Gasteiger partial charge in [-0.1, -0.05) is 41.9 Å². The summed E-state index contributed by atoms with van der Waals surface area (Å²) in [5.41, 5.74) is 2.14. The molecular weight excluding hydrogens is 347 g/mol. The van der Waals surface area contributed by atoms with Crippen molar-refractivity contribution in [3.8, 4) is 5.75 Å². The summed E-state index contributed by atoms with van der Waals surface area (Å²) in [5.74, 6) is 0.380. The highest BCUT2D eigenvalue weighted by molar-refractivity contribution is 6.36. The van der Waals surface area contributed by atoms with Gasteiger partial charge < -0.3 is 15.4 Å². The van der Waals surface area contributed by atoms with Crippen molar-refractivity contribution >= 4 is 40.5 Å². The van der Waals surface area contributed by atoms with Crippen molar-refractivity contribution in [2.75, 3.05) is 23.8 Å². The molecule has 1 amide bonds. The van der Waals surface area contributed by atoms with Gasteiger partial charge in [-0.05, 0) is 42.8 Å². The molecule has 0 aromatic heterocycles. The fourth-order valence-corrected chi connectivity index (χ4v) is 2.37. The van der Waals surface area contributed by atoms with Gasteiger partial charge in [0.2, 0.25) is 5.91 Å². The summed E-state index contributed by atoms with van der Waals surface area (Å²) in [4.78, 5) is 12.1. The third-order valence-electron chi connectivity index (χ3n) is 3.01. The van der Waals surface area contributed by atoms with Crippen molar-refractivity contribution < 1.29 is 9.53 Å². The Morgan fingerprint density at radius 3 is 2.62 bits per heavy atom. The first kappa shape index (κ1) is 18.2. The fourth-order valence-electron chi connectivity index (χ4n) is 1.90. The number of ether oxygens (including phenoxy) is 1. The first-order chi connectivity index (χ1) is 11.5. The number of halogens is 2. The predicted octanol–water partition coefficient (Wildman–Crippen LogP) is 5.00. The molecule has 0 unspecified atom stereocenters. The molecule has 0 radical (unpaired) electrons. The normalized spacial score (nSPS) is 10.1. The lowest BCUT2D eigenvalue weighted by Crippen LogP contribution is -2.22. The Hall–Kier alpha value is -2.17. The number of rotatable bonds is 7. The van der Waals surface area contributed by atoms with E-state index >= 15 is 0 Å². The van der Waals surface area contributed by atoms with Crippen molar-refractivity contribution in [1.82, 2.24) is 0 Å². The van der Waals surface area contributed by atoms with Crippen LogP contribution < -0.4 is 15.4 Å². The zero-order valence-corrected chi connectivity index (χ0v) is 14.7. The van der Waals surface area contributed by atoms with E-state index in [2.05, 4.69) is 17.2 Å². The van der Waals surface area contributed by atoms with E-state index in [1.807, 2.05) is 19.1 Å². The quantitative estimate of drug-likeness (QED) is 0.679. The molecule has 0 heterocycles.